The van der Waals surface area contributed by atoms with Crippen LogP contribution in [0.5, 0.6) is 0 Å². The second-order valence-corrected chi connectivity index (χ2v) is 20.4. The monoisotopic (exact) mass is 634 g/mol. The maximum Gasteiger partial charge on any atom is 0.305 e. The molecule has 0 spiro atoms. The lowest BCUT2D eigenvalue weighted by Crippen LogP contribution is -2.42. The number of methoxy groups -OCH3 is 1. The second kappa shape index (κ2) is 16.0. The van der Waals surface area contributed by atoms with Gasteiger partial charge in [-0.15, -0.1) is 0 Å². The van der Waals surface area contributed by atoms with E-state index in [-0.39, 0.29) is 59.5 Å². The van der Waals surface area contributed by atoms with Crippen molar-refractivity contribution in [3.8, 4) is 0 Å². The predicted octanol–water partition coefficient (Wildman–Crippen LogP) is 7.83. The van der Waals surface area contributed by atoms with Crippen molar-refractivity contribution < 1.29 is 33.0 Å². The highest BCUT2D eigenvalue weighted by atomic mass is 28.4. The first-order valence-corrected chi connectivity index (χ1v) is 19.9. The first-order valence-electron chi connectivity index (χ1n) is 17.0. The van der Waals surface area contributed by atoms with E-state index in [9.17, 15) is 9.59 Å². The number of carbonyl (C=O) groups excluding carboxylic acids is 2. The molecule has 0 N–H and O–H groups in total. The molecule has 252 valence electrons. The summed E-state index contributed by atoms with van der Waals surface area (Å²) in [5, 5.41) is 0.176. The number of rotatable bonds is 15. The van der Waals surface area contributed by atoms with Crippen molar-refractivity contribution in [1.82, 2.24) is 0 Å². The molecule has 3 saturated heterocycles. The molecule has 3 heterocycles. The normalized spacial score (nSPS) is 33.9. The van der Waals surface area contributed by atoms with Gasteiger partial charge in [-0.25, -0.2) is 0 Å². The number of hydrogen-bond donors (Lipinski definition) is 0. The summed E-state index contributed by atoms with van der Waals surface area (Å²) in [5.74, 6) is 0.782. The Morgan fingerprint density at radius 2 is 1.73 bits per heavy atom. The van der Waals surface area contributed by atoms with E-state index < -0.39 is 8.32 Å². The van der Waals surface area contributed by atoms with Crippen LogP contribution in [-0.2, 0) is 33.0 Å². The Labute approximate surface area is 269 Å². The lowest BCUT2D eigenvalue weighted by molar-refractivity contribution is -0.142. The molecule has 0 aliphatic carbocycles. The minimum absolute atomic E-state index is 0.0287. The summed E-state index contributed by atoms with van der Waals surface area (Å²) in [7, 11) is -0.367. The maximum atomic E-state index is 12.5. The van der Waals surface area contributed by atoms with Gasteiger partial charge < -0.3 is 28.2 Å². The molecular formula is C36H62O7Si. The molecule has 8 heteroatoms. The Morgan fingerprint density at radius 3 is 2.36 bits per heavy atom. The summed E-state index contributed by atoms with van der Waals surface area (Å²) in [6.07, 6.45) is 7.76. The van der Waals surface area contributed by atoms with Gasteiger partial charge in [0.05, 0.1) is 50.2 Å². The number of aldehydes is 1. The third-order valence-corrected chi connectivity index (χ3v) is 15.5. The van der Waals surface area contributed by atoms with Crippen LogP contribution in [-0.4, -0.2) is 70.9 Å². The van der Waals surface area contributed by atoms with Gasteiger partial charge in [0.15, 0.2) is 8.32 Å². The molecule has 44 heavy (non-hydrogen) atoms. The standard InChI is InChI=1S/C36H62O7Si/c1-23(22-40-44(10,11)36(6,7)8)17-32-27(5)30(20-35(38)39-9)34(43-32)21-33-26(4)24(2)18-29(42-33)14-15-31-25(3)19-28(41-31)13-12-16-37/h16,23-24,27-34H,3-4,12-15,17-22H2,1-2,5-11H3/t23-,24+,27+,28-,29?,30+,31?,32+,33+,34?/m0/s1. The Balaban J connectivity index is 1.62. The fourth-order valence-electron chi connectivity index (χ4n) is 6.87. The van der Waals surface area contributed by atoms with E-state index in [2.05, 4.69) is 67.8 Å². The SMILES string of the molecule is C=C1C[C@H](CCC=O)OC1CCC1C[C@@H](C)C(=C)[C@@H](CC2O[C@H](C[C@H](C)CO[Si](C)(C)C(C)(C)C)[C@H](C)[C@H]2CC(=O)OC)O1. The molecule has 0 aromatic heterocycles. The van der Waals surface area contributed by atoms with Gasteiger partial charge in [-0.2, -0.15) is 0 Å². The van der Waals surface area contributed by atoms with Crippen molar-refractivity contribution >= 4 is 20.6 Å². The van der Waals surface area contributed by atoms with Crippen molar-refractivity contribution in [2.24, 2.45) is 23.7 Å². The van der Waals surface area contributed by atoms with Crippen molar-refractivity contribution in [1.29, 1.82) is 0 Å². The fourth-order valence-corrected chi connectivity index (χ4v) is 8.00. The summed E-state index contributed by atoms with van der Waals surface area (Å²) < 4.78 is 31.4. The smallest absolute Gasteiger partial charge is 0.305 e. The van der Waals surface area contributed by atoms with E-state index >= 15 is 0 Å². The zero-order chi connectivity index (χ0) is 32.8. The minimum Gasteiger partial charge on any atom is -0.469 e. The molecule has 10 atom stereocenters. The quantitative estimate of drug-likeness (QED) is 0.0786. The molecule has 7 nitrogen and oxygen atoms in total. The molecule has 3 aliphatic rings. The number of esters is 1. The van der Waals surface area contributed by atoms with Crippen LogP contribution in [0.25, 0.3) is 0 Å². The highest BCUT2D eigenvalue weighted by Crippen LogP contribution is 2.43. The summed E-state index contributed by atoms with van der Waals surface area (Å²) >= 11 is 0. The van der Waals surface area contributed by atoms with Crippen molar-refractivity contribution in [3.05, 3.63) is 24.3 Å². The highest BCUT2D eigenvalue weighted by Gasteiger charge is 2.46. The van der Waals surface area contributed by atoms with Gasteiger partial charge in [0.2, 0.25) is 0 Å². The van der Waals surface area contributed by atoms with E-state index in [1.54, 1.807) is 0 Å². The van der Waals surface area contributed by atoms with Crippen LogP contribution in [0.1, 0.15) is 99.3 Å². The van der Waals surface area contributed by atoms with Gasteiger partial charge >= 0.3 is 5.97 Å². The molecule has 0 amide bonds. The molecule has 3 rings (SSSR count). The van der Waals surface area contributed by atoms with Crippen molar-refractivity contribution in [2.75, 3.05) is 13.7 Å². The average molecular weight is 635 g/mol. The lowest BCUT2D eigenvalue weighted by Gasteiger charge is -2.38. The molecule has 0 aromatic carbocycles. The predicted molar refractivity (Wildman–Crippen MR) is 178 cm³/mol. The molecule has 3 aliphatic heterocycles. The van der Waals surface area contributed by atoms with Gasteiger partial charge in [0.1, 0.15) is 6.29 Å². The second-order valence-electron chi connectivity index (χ2n) is 15.6. The van der Waals surface area contributed by atoms with Gasteiger partial charge in [0.25, 0.3) is 0 Å². The lowest BCUT2D eigenvalue weighted by atomic mass is 9.79. The summed E-state index contributed by atoms with van der Waals surface area (Å²) in [4.78, 5) is 23.3. The first-order chi connectivity index (χ1) is 20.6. The van der Waals surface area contributed by atoms with E-state index in [0.717, 1.165) is 62.6 Å². The van der Waals surface area contributed by atoms with Crippen LogP contribution < -0.4 is 0 Å². The number of ether oxygens (including phenoxy) is 4. The Morgan fingerprint density at radius 1 is 1.05 bits per heavy atom. The van der Waals surface area contributed by atoms with E-state index in [1.807, 2.05) is 0 Å². The third-order valence-electron chi connectivity index (χ3n) is 11.0. The molecule has 0 radical (unpaired) electrons. The zero-order valence-corrected chi connectivity index (χ0v) is 30.2. The Kier molecular flexibility index (Phi) is 13.5. The first kappa shape index (κ1) is 37.1. The van der Waals surface area contributed by atoms with Crippen molar-refractivity contribution in [3.63, 3.8) is 0 Å². The van der Waals surface area contributed by atoms with Gasteiger partial charge in [-0.05, 0) is 85.6 Å². The molecule has 3 unspecified atom stereocenters. The van der Waals surface area contributed by atoms with Gasteiger partial charge in [0, 0.05) is 25.4 Å². The molecule has 0 saturated carbocycles. The van der Waals surface area contributed by atoms with Crippen LogP contribution in [0.4, 0.5) is 0 Å². The Bertz CT molecular complexity index is 987. The largest absolute Gasteiger partial charge is 0.469 e. The fraction of sp³-hybridized carbons (Fsp3) is 0.833. The number of hydrogen-bond acceptors (Lipinski definition) is 7. The van der Waals surface area contributed by atoms with Gasteiger partial charge in [-0.3, -0.25) is 4.79 Å². The minimum atomic E-state index is -1.83. The van der Waals surface area contributed by atoms with Gasteiger partial charge in [-0.1, -0.05) is 54.7 Å². The average Bonchev–Trinajstić information content (AvgIpc) is 3.44. The van der Waals surface area contributed by atoms with Crippen LogP contribution in [0.2, 0.25) is 18.1 Å². The van der Waals surface area contributed by atoms with E-state index in [4.69, 9.17) is 23.4 Å². The zero-order valence-electron chi connectivity index (χ0n) is 29.2. The van der Waals surface area contributed by atoms with Crippen LogP contribution >= 0.6 is 0 Å². The van der Waals surface area contributed by atoms with Crippen molar-refractivity contribution in [2.45, 2.75) is 154 Å². The molecule has 0 bridgehead atoms. The Hall–Kier alpha value is -1.32. The third kappa shape index (κ3) is 9.84. The van der Waals surface area contributed by atoms with Crippen LogP contribution in [0.15, 0.2) is 24.3 Å². The number of carbonyl (C=O) groups is 2. The summed E-state index contributed by atoms with van der Waals surface area (Å²) in [6, 6.07) is 0. The molecule has 3 fully saturated rings. The van der Waals surface area contributed by atoms with E-state index in [0.29, 0.717) is 31.1 Å². The topological polar surface area (TPSA) is 80.3 Å². The van der Waals surface area contributed by atoms with E-state index in [1.165, 1.54) is 7.11 Å². The molecule has 0 aromatic rings. The summed E-state index contributed by atoms with van der Waals surface area (Å²) in [6.45, 7) is 27.5. The maximum absolute atomic E-state index is 12.5. The van der Waals surface area contributed by atoms with Crippen LogP contribution in [0, 0.1) is 23.7 Å². The van der Waals surface area contributed by atoms with Crippen LogP contribution in [0.3, 0.4) is 0 Å². The summed E-state index contributed by atoms with van der Waals surface area (Å²) in [5.41, 5.74) is 2.24. The molecular weight excluding hydrogens is 572 g/mol. The highest BCUT2D eigenvalue weighted by molar-refractivity contribution is 6.74.